The normalized spacial score (nSPS) is 20.1. The molecule has 2 aromatic rings. The molecule has 1 atom stereocenters. The van der Waals surface area contributed by atoms with Gasteiger partial charge in [0, 0.05) is 6.54 Å². The highest BCUT2D eigenvalue weighted by atomic mass is 32.1. The fourth-order valence-corrected chi connectivity index (χ4v) is 2.07. The Morgan fingerprint density at radius 2 is 2.29 bits per heavy atom. The SMILES string of the molecule is Nc1ncnc2c1nnn2[C@H]1CCCNC1.S. The number of anilines is 1. The topological polar surface area (TPSA) is 94.5 Å². The van der Waals surface area contributed by atoms with Crippen LogP contribution < -0.4 is 11.1 Å². The van der Waals surface area contributed by atoms with E-state index in [1.54, 1.807) is 0 Å². The molecule has 92 valence electrons. The molecule has 0 aliphatic carbocycles. The summed E-state index contributed by atoms with van der Waals surface area (Å²) in [5.41, 5.74) is 7.03. The maximum atomic E-state index is 5.72. The zero-order valence-corrected chi connectivity index (χ0v) is 10.3. The van der Waals surface area contributed by atoms with Crippen molar-refractivity contribution in [3.63, 3.8) is 0 Å². The van der Waals surface area contributed by atoms with Gasteiger partial charge in [0.1, 0.15) is 6.33 Å². The summed E-state index contributed by atoms with van der Waals surface area (Å²) in [6.45, 7) is 1.97. The Bertz CT molecular complexity index is 505. The van der Waals surface area contributed by atoms with Gasteiger partial charge in [-0.15, -0.1) is 5.10 Å². The van der Waals surface area contributed by atoms with E-state index in [9.17, 15) is 0 Å². The largest absolute Gasteiger partial charge is 0.382 e. The van der Waals surface area contributed by atoms with Crippen LogP contribution in [0.3, 0.4) is 0 Å². The summed E-state index contributed by atoms with van der Waals surface area (Å²) in [7, 11) is 0. The van der Waals surface area contributed by atoms with Gasteiger partial charge in [0.15, 0.2) is 17.0 Å². The molecule has 0 bridgehead atoms. The standard InChI is InChI=1S/C9H13N7.H2S/c10-8-7-9(13-5-12-8)16(15-14-7)6-2-1-3-11-4-6;/h5-6,11H,1-4H2,(H2,10,12,13);1H2/t6-;/m0./s1. The first-order chi connectivity index (χ1) is 7.86. The third kappa shape index (κ3) is 2.05. The van der Waals surface area contributed by atoms with Crippen molar-refractivity contribution in [1.82, 2.24) is 30.3 Å². The van der Waals surface area contributed by atoms with E-state index in [-0.39, 0.29) is 13.5 Å². The number of hydrogen-bond acceptors (Lipinski definition) is 6. The lowest BCUT2D eigenvalue weighted by Gasteiger charge is -2.22. The van der Waals surface area contributed by atoms with E-state index in [0.29, 0.717) is 17.4 Å². The number of nitrogens with two attached hydrogens (primary N) is 1. The van der Waals surface area contributed by atoms with E-state index in [4.69, 9.17) is 5.73 Å². The predicted molar refractivity (Wildman–Crippen MR) is 69.1 cm³/mol. The van der Waals surface area contributed by atoms with Crippen molar-refractivity contribution in [2.45, 2.75) is 18.9 Å². The fourth-order valence-electron chi connectivity index (χ4n) is 2.07. The van der Waals surface area contributed by atoms with E-state index < -0.39 is 0 Å². The summed E-state index contributed by atoms with van der Waals surface area (Å²) < 4.78 is 1.85. The molecule has 0 spiro atoms. The second-order valence-corrected chi connectivity index (χ2v) is 3.97. The van der Waals surface area contributed by atoms with E-state index >= 15 is 0 Å². The summed E-state index contributed by atoms with van der Waals surface area (Å²) in [6, 6.07) is 0.313. The van der Waals surface area contributed by atoms with Crippen molar-refractivity contribution in [2.24, 2.45) is 0 Å². The van der Waals surface area contributed by atoms with Gasteiger partial charge in [0.2, 0.25) is 0 Å². The molecule has 8 heteroatoms. The zero-order valence-electron chi connectivity index (χ0n) is 9.30. The first kappa shape index (κ1) is 12.1. The number of nitrogen functional groups attached to an aromatic ring is 1. The van der Waals surface area contributed by atoms with E-state index in [1.807, 2.05) is 4.68 Å². The van der Waals surface area contributed by atoms with Gasteiger partial charge in [-0.05, 0) is 19.4 Å². The van der Waals surface area contributed by atoms with Crippen LogP contribution in [0.2, 0.25) is 0 Å². The summed E-state index contributed by atoms with van der Waals surface area (Å²) >= 11 is 0. The van der Waals surface area contributed by atoms with Crippen molar-refractivity contribution in [2.75, 3.05) is 18.8 Å². The van der Waals surface area contributed by atoms with Crippen LogP contribution in [0.1, 0.15) is 18.9 Å². The highest BCUT2D eigenvalue weighted by Gasteiger charge is 2.19. The van der Waals surface area contributed by atoms with Gasteiger partial charge in [-0.25, -0.2) is 14.6 Å². The summed E-state index contributed by atoms with van der Waals surface area (Å²) in [6.07, 6.45) is 3.69. The van der Waals surface area contributed by atoms with Crippen LogP contribution in [0.25, 0.3) is 11.2 Å². The van der Waals surface area contributed by atoms with E-state index in [1.165, 1.54) is 6.33 Å². The Morgan fingerprint density at radius 3 is 3.06 bits per heavy atom. The molecule has 7 nitrogen and oxygen atoms in total. The number of fused-ring (bicyclic) bond motifs is 1. The number of rotatable bonds is 1. The Balaban J connectivity index is 0.00000108. The van der Waals surface area contributed by atoms with Crippen molar-refractivity contribution in [1.29, 1.82) is 0 Å². The second-order valence-electron chi connectivity index (χ2n) is 3.97. The highest BCUT2D eigenvalue weighted by Crippen LogP contribution is 2.20. The maximum Gasteiger partial charge on any atom is 0.184 e. The van der Waals surface area contributed by atoms with Crippen LogP contribution in [0, 0.1) is 0 Å². The summed E-state index contributed by atoms with van der Waals surface area (Å²) in [4.78, 5) is 8.10. The van der Waals surface area contributed by atoms with Crippen molar-refractivity contribution >= 4 is 30.5 Å². The Morgan fingerprint density at radius 1 is 1.41 bits per heavy atom. The average molecular weight is 253 g/mol. The monoisotopic (exact) mass is 253 g/mol. The van der Waals surface area contributed by atoms with Crippen LogP contribution in [-0.4, -0.2) is 38.1 Å². The van der Waals surface area contributed by atoms with Crippen LogP contribution in [0.4, 0.5) is 5.82 Å². The van der Waals surface area contributed by atoms with E-state index in [0.717, 1.165) is 31.6 Å². The first-order valence-electron chi connectivity index (χ1n) is 5.38. The highest BCUT2D eigenvalue weighted by molar-refractivity contribution is 7.59. The van der Waals surface area contributed by atoms with Gasteiger partial charge in [-0.1, -0.05) is 5.21 Å². The van der Waals surface area contributed by atoms with Crippen molar-refractivity contribution in [3.8, 4) is 0 Å². The lowest BCUT2D eigenvalue weighted by molar-refractivity contribution is 0.347. The average Bonchev–Trinajstić information content (AvgIpc) is 2.75. The minimum atomic E-state index is 0. The molecule has 0 amide bonds. The zero-order chi connectivity index (χ0) is 11.0. The van der Waals surface area contributed by atoms with Gasteiger partial charge in [-0.3, -0.25) is 0 Å². The van der Waals surface area contributed by atoms with Crippen LogP contribution in [0.15, 0.2) is 6.33 Å². The van der Waals surface area contributed by atoms with Crippen molar-refractivity contribution in [3.05, 3.63) is 6.33 Å². The Labute approximate surface area is 105 Å². The number of nitrogens with one attached hydrogen (secondary N) is 1. The van der Waals surface area contributed by atoms with E-state index in [2.05, 4.69) is 25.6 Å². The van der Waals surface area contributed by atoms with Crippen LogP contribution in [-0.2, 0) is 0 Å². The minimum Gasteiger partial charge on any atom is -0.382 e. The molecular formula is C9H15N7S. The van der Waals surface area contributed by atoms with Crippen molar-refractivity contribution < 1.29 is 0 Å². The lowest BCUT2D eigenvalue weighted by atomic mass is 10.1. The molecule has 17 heavy (non-hydrogen) atoms. The summed E-state index contributed by atoms with van der Waals surface area (Å²) in [5.74, 6) is 0.389. The number of nitrogens with zero attached hydrogens (tertiary/aromatic N) is 5. The molecule has 1 aliphatic rings. The molecular weight excluding hydrogens is 238 g/mol. The first-order valence-corrected chi connectivity index (χ1v) is 5.38. The van der Waals surface area contributed by atoms with Gasteiger partial charge >= 0.3 is 0 Å². The molecule has 2 aromatic heterocycles. The van der Waals surface area contributed by atoms with Crippen LogP contribution in [0.5, 0.6) is 0 Å². The molecule has 3 rings (SSSR count). The fraction of sp³-hybridized carbons (Fsp3) is 0.556. The molecule has 0 radical (unpaired) electrons. The number of aromatic nitrogens is 5. The predicted octanol–water partition coefficient (Wildman–Crippen LogP) is -0.159. The quantitative estimate of drug-likeness (QED) is 0.733. The molecule has 3 N–H and O–H groups in total. The maximum absolute atomic E-state index is 5.72. The smallest absolute Gasteiger partial charge is 0.184 e. The van der Waals surface area contributed by atoms with Gasteiger partial charge in [-0.2, -0.15) is 13.5 Å². The van der Waals surface area contributed by atoms with Gasteiger partial charge in [0.25, 0.3) is 0 Å². The molecule has 1 aliphatic heterocycles. The Kier molecular flexibility index (Phi) is 3.43. The number of piperidine rings is 1. The summed E-state index contributed by atoms with van der Waals surface area (Å²) in [5, 5.41) is 11.5. The van der Waals surface area contributed by atoms with Crippen LogP contribution >= 0.6 is 13.5 Å². The van der Waals surface area contributed by atoms with Gasteiger partial charge < -0.3 is 11.1 Å². The minimum absolute atomic E-state index is 0. The molecule has 3 heterocycles. The third-order valence-electron chi connectivity index (χ3n) is 2.91. The Hall–Kier alpha value is -1.41. The number of hydrogen-bond donors (Lipinski definition) is 2. The molecule has 1 fully saturated rings. The third-order valence-corrected chi connectivity index (χ3v) is 2.91. The lowest BCUT2D eigenvalue weighted by Crippen LogP contribution is -2.32. The van der Waals surface area contributed by atoms with Gasteiger partial charge in [0.05, 0.1) is 6.04 Å². The second kappa shape index (κ2) is 4.84. The molecule has 0 unspecified atom stereocenters. The molecule has 0 aromatic carbocycles. The molecule has 0 saturated carbocycles. The molecule has 1 saturated heterocycles.